The Morgan fingerprint density at radius 2 is 1.83 bits per heavy atom. The van der Waals surface area contributed by atoms with Crippen LogP contribution in [0, 0.1) is 0 Å². The summed E-state index contributed by atoms with van der Waals surface area (Å²) in [5.41, 5.74) is 0. The molecular weight excluding hydrogens is 514 g/mol. The first-order valence-electron chi connectivity index (χ1n) is 2.56. The van der Waals surface area contributed by atoms with Crippen molar-refractivity contribution in [3.8, 4) is 0 Å². The monoisotopic (exact) mass is 521 g/mol. The molecule has 0 aliphatic rings. The van der Waals surface area contributed by atoms with Gasteiger partial charge < -0.3 is 10.2 Å². The summed E-state index contributed by atoms with van der Waals surface area (Å²) in [6.45, 7) is 0. The van der Waals surface area contributed by atoms with Crippen LogP contribution in [-0.4, -0.2) is 59.8 Å². The molecule has 0 saturated carbocycles. The van der Waals surface area contributed by atoms with Crippen LogP contribution in [0.15, 0.2) is 0 Å². The molecule has 4 nitrogen and oxygen atoms in total. The van der Waals surface area contributed by atoms with E-state index in [0.717, 1.165) is 0 Å². The summed E-state index contributed by atoms with van der Waals surface area (Å²) in [4.78, 5) is 10.4. The van der Waals surface area contributed by atoms with Crippen molar-refractivity contribution >= 4 is 104 Å². The topological polar surface area (TPSA) is 69.6 Å². The number of hydrogen-bond acceptors (Lipinski definition) is 3. The first-order valence-corrected chi connectivity index (χ1v) is 6.13. The number of alkyl halides is 2. The maximum absolute atomic E-state index is 10.4. The van der Waals surface area contributed by atoms with Crippen LogP contribution in [-0.2, 0) is 4.79 Å². The van der Waals surface area contributed by atoms with Crippen molar-refractivity contribution in [2.24, 2.45) is 0 Å². The fraction of sp³-hybridized carbons (Fsp3) is 0.750. The van der Waals surface area contributed by atoms with Crippen LogP contribution in [0.3, 0.4) is 0 Å². The number of aliphatic hydroxyl groups excluding tert-OH is 1. The average Bonchev–Trinajstić information content (AvgIpc) is 1.88. The number of aliphatic carboxylic acids is 1. The zero-order valence-electron chi connectivity index (χ0n) is 5.17. The van der Waals surface area contributed by atoms with E-state index >= 15 is 0 Å². The molecule has 0 radical (unpaired) electrons. The number of halogens is 3. The van der Waals surface area contributed by atoms with E-state index in [-0.39, 0.29) is 31.5 Å². The van der Waals surface area contributed by atoms with Crippen LogP contribution in [0.2, 0.25) is 0 Å². The van der Waals surface area contributed by atoms with Crippen molar-refractivity contribution in [3.05, 3.63) is 0 Å². The van der Waals surface area contributed by atoms with E-state index in [4.69, 9.17) is 5.11 Å². The van der Waals surface area contributed by atoms with Crippen molar-refractivity contribution in [2.45, 2.75) is 14.1 Å². The van der Waals surface area contributed by atoms with E-state index in [1.807, 2.05) is 45.2 Å². The molecule has 0 spiro atoms. The Kier molecular flexibility index (Phi) is 12.5. The van der Waals surface area contributed by atoms with Crippen molar-refractivity contribution in [1.29, 1.82) is 0 Å². The van der Waals surface area contributed by atoms with Crippen LogP contribution in [0.25, 0.3) is 0 Å². The van der Waals surface area contributed by atoms with Gasteiger partial charge in [0.1, 0.15) is 12.1 Å². The Labute approximate surface area is 134 Å². The minimum atomic E-state index is -1.04. The Bertz CT molecular complexity index is 148. The molecule has 8 heteroatoms. The van der Waals surface area contributed by atoms with Crippen LogP contribution < -0.4 is 3.53 Å². The van der Waals surface area contributed by atoms with Crippen LogP contribution in [0.1, 0.15) is 0 Å². The van der Waals surface area contributed by atoms with Gasteiger partial charge in [-0.2, -0.15) is 0 Å². The second-order valence-corrected chi connectivity index (χ2v) is 7.44. The van der Waals surface area contributed by atoms with Crippen molar-refractivity contribution < 1.29 is 15.0 Å². The standard InChI is InChI=1S/C4H6I3NO3.Na.H/c5-3(6)2(9)1(8-7)4(10)11;;/h1-3,8-9H,(H,10,11);;/t1-,2-;;/m0../s1. The molecule has 0 rings (SSSR count). The van der Waals surface area contributed by atoms with Gasteiger partial charge >= 0.3 is 35.5 Å². The number of nitrogens with one attached hydrogen (secondary N) is 1. The summed E-state index contributed by atoms with van der Waals surface area (Å²) in [7, 11) is 0. The van der Waals surface area contributed by atoms with Gasteiger partial charge in [-0.15, -0.1) is 0 Å². The molecule has 12 heavy (non-hydrogen) atoms. The van der Waals surface area contributed by atoms with Gasteiger partial charge in [0, 0.05) is 22.9 Å². The second-order valence-electron chi connectivity index (χ2n) is 1.75. The summed E-state index contributed by atoms with van der Waals surface area (Å²) in [6, 6.07) is -0.894. The van der Waals surface area contributed by atoms with Gasteiger partial charge in [-0.3, -0.25) is 4.79 Å². The molecule has 0 aliphatic heterocycles. The SMILES string of the molecule is O=C(O)[C@@H](NI)[C@H](O)C(I)I.[NaH]. The molecule has 0 amide bonds. The summed E-state index contributed by atoms with van der Waals surface area (Å²) in [5, 5.41) is 17.9. The van der Waals surface area contributed by atoms with Gasteiger partial charge in [-0.1, -0.05) is 45.2 Å². The molecule has 3 N–H and O–H groups in total. The van der Waals surface area contributed by atoms with E-state index in [1.54, 1.807) is 22.9 Å². The third-order valence-corrected chi connectivity index (χ3v) is 3.13. The number of aliphatic hydroxyl groups is 1. The molecule has 0 aromatic carbocycles. The van der Waals surface area contributed by atoms with E-state index in [1.165, 1.54) is 0 Å². The van der Waals surface area contributed by atoms with Gasteiger partial charge in [-0.05, 0) is 0 Å². The van der Waals surface area contributed by atoms with Gasteiger partial charge in [0.05, 0.1) is 1.93 Å². The predicted octanol–water partition coefficient (Wildman–Crippen LogP) is 0.288. The van der Waals surface area contributed by atoms with E-state index in [2.05, 4.69) is 3.53 Å². The molecule has 0 bridgehead atoms. The molecule has 0 aliphatic carbocycles. The summed E-state index contributed by atoms with van der Waals surface area (Å²) < 4.78 is 2.38. The molecule has 0 unspecified atom stereocenters. The van der Waals surface area contributed by atoms with Crippen LogP contribution >= 0.6 is 68.0 Å². The normalized spacial score (nSPS) is 15.1. The van der Waals surface area contributed by atoms with Gasteiger partial charge in [-0.25, -0.2) is 3.53 Å². The Hall–Kier alpha value is 2.58. The molecule has 2 atom stereocenters. The number of rotatable bonds is 4. The van der Waals surface area contributed by atoms with Crippen molar-refractivity contribution in [3.63, 3.8) is 0 Å². The number of hydrogen-bond donors (Lipinski definition) is 3. The van der Waals surface area contributed by atoms with Gasteiger partial charge in [0.25, 0.3) is 0 Å². The van der Waals surface area contributed by atoms with E-state index < -0.39 is 18.1 Å². The maximum atomic E-state index is 10.4. The van der Waals surface area contributed by atoms with E-state index in [9.17, 15) is 9.90 Å². The quantitative estimate of drug-likeness (QED) is 0.216. The molecular formula is C4H7I3NNaO3. The third-order valence-electron chi connectivity index (χ3n) is 0.983. The fourth-order valence-corrected chi connectivity index (χ4v) is 1.87. The van der Waals surface area contributed by atoms with Crippen molar-refractivity contribution in [2.75, 3.05) is 0 Å². The Balaban J connectivity index is 0. The number of carbonyl (C=O) groups is 1. The molecule has 0 aromatic heterocycles. The molecule has 68 valence electrons. The Morgan fingerprint density at radius 3 is 1.92 bits per heavy atom. The Morgan fingerprint density at radius 1 is 1.42 bits per heavy atom. The first kappa shape index (κ1) is 17.0. The zero-order valence-corrected chi connectivity index (χ0v) is 11.6. The van der Waals surface area contributed by atoms with Gasteiger partial charge in [0.2, 0.25) is 0 Å². The average molecular weight is 521 g/mol. The van der Waals surface area contributed by atoms with Crippen molar-refractivity contribution in [1.82, 2.24) is 3.53 Å². The second kappa shape index (κ2) is 8.85. The number of carboxylic acids is 1. The summed E-state index contributed by atoms with van der Waals surface area (Å²) >= 11 is 5.66. The minimum absolute atomic E-state index is 0. The molecule has 0 saturated heterocycles. The first-order chi connectivity index (χ1) is 5.00. The summed E-state index contributed by atoms with van der Waals surface area (Å²) in [5.74, 6) is -1.04. The van der Waals surface area contributed by atoms with E-state index in [0.29, 0.717) is 0 Å². The third kappa shape index (κ3) is 6.14. The van der Waals surface area contributed by atoms with Gasteiger partial charge in [0.15, 0.2) is 0 Å². The fourth-order valence-electron chi connectivity index (χ4n) is 0.403. The molecule has 0 heterocycles. The van der Waals surface area contributed by atoms with Crippen LogP contribution in [0.4, 0.5) is 0 Å². The molecule has 0 fully saturated rings. The predicted molar refractivity (Wildman–Crippen MR) is 73.6 cm³/mol. The number of carboxylic acid groups (broad SMARTS) is 1. The summed E-state index contributed by atoms with van der Waals surface area (Å²) in [6.07, 6.45) is -0.870. The molecule has 0 aromatic rings. The van der Waals surface area contributed by atoms with Crippen LogP contribution in [0.5, 0.6) is 0 Å². The zero-order chi connectivity index (χ0) is 9.02.